The minimum Gasteiger partial charge on any atom is -0.486 e. The lowest BCUT2D eigenvalue weighted by Crippen LogP contribution is -2.55. The number of aliphatic hydroxyl groups is 1. The Morgan fingerprint density at radius 2 is 1.91 bits per heavy atom. The standard InChI is InChI=1S/C23H18F3N3O4S/c24-23(25,26)17-8-14(3-2-13(17)10-27)28-20(31)22(6-1-7-22)29(21(28)34)15-4-5-18-19(9-15)32-12-16(11-30)33-18/h2-5,8-9,16,30H,1,6-7,11-12H2. The average molecular weight is 489 g/mol. The van der Waals surface area contributed by atoms with E-state index >= 15 is 0 Å². The molecule has 2 fully saturated rings. The van der Waals surface area contributed by atoms with Gasteiger partial charge in [0.1, 0.15) is 12.1 Å². The number of anilines is 2. The molecule has 2 heterocycles. The SMILES string of the molecule is N#Cc1ccc(N2C(=O)C3(CCC3)N(c3ccc4c(c3)OCC(CO)O4)C2=S)cc1C(F)(F)F. The molecule has 1 saturated heterocycles. The summed E-state index contributed by atoms with van der Waals surface area (Å²) in [5.41, 5.74) is -2.15. The van der Waals surface area contributed by atoms with Gasteiger partial charge in [-0.1, -0.05) is 0 Å². The molecule has 5 rings (SSSR count). The minimum absolute atomic E-state index is 0.0431. The summed E-state index contributed by atoms with van der Waals surface area (Å²) < 4.78 is 52.0. The second-order valence-corrected chi connectivity index (χ2v) is 8.71. The number of carbonyl (C=O) groups is 1. The Balaban J connectivity index is 1.55. The molecule has 0 radical (unpaired) electrons. The molecule has 1 atom stereocenters. The molecular weight excluding hydrogens is 471 g/mol. The molecule has 1 spiro atoms. The van der Waals surface area contributed by atoms with Gasteiger partial charge in [0.05, 0.1) is 29.5 Å². The van der Waals surface area contributed by atoms with E-state index < -0.39 is 34.9 Å². The Morgan fingerprint density at radius 1 is 1.18 bits per heavy atom. The van der Waals surface area contributed by atoms with Crippen LogP contribution < -0.4 is 19.3 Å². The molecule has 0 bridgehead atoms. The Morgan fingerprint density at radius 3 is 2.53 bits per heavy atom. The van der Waals surface area contributed by atoms with Crippen molar-refractivity contribution in [1.29, 1.82) is 5.26 Å². The second kappa shape index (κ2) is 7.85. The van der Waals surface area contributed by atoms with E-state index in [1.165, 1.54) is 6.07 Å². The maximum atomic E-state index is 13.6. The number of rotatable bonds is 3. The number of fused-ring (bicyclic) bond motifs is 1. The predicted molar refractivity (Wildman–Crippen MR) is 119 cm³/mol. The summed E-state index contributed by atoms with van der Waals surface area (Å²) in [4.78, 5) is 16.3. The van der Waals surface area contributed by atoms with Gasteiger partial charge in [0, 0.05) is 11.8 Å². The lowest BCUT2D eigenvalue weighted by molar-refractivity contribution is -0.137. The zero-order chi connectivity index (χ0) is 24.3. The first-order valence-corrected chi connectivity index (χ1v) is 10.9. The predicted octanol–water partition coefficient (Wildman–Crippen LogP) is 3.77. The largest absolute Gasteiger partial charge is 0.486 e. The molecule has 11 heteroatoms. The quantitative estimate of drug-likeness (QED) is 0.657. The second-order valence-electron chi connectivity index (χ2n) is 8.35. The number of aliphatic hydroxyl groups excluding tert-OH is 1. The van der Waals surface area contributed by atoms with E-state index in [0.29, 0.717) is 30.0 Å². The van der Waals surface area contributed by atoms with Gasteiger partial charge < -0.3 is 19.5 Å². The molecule has 1 amide bonds. The van der Waals surface area contributed by atoms with E-state index in [1.807, 2.05) is 0 Å². The Labute approximate surface area is 197 Å². The molecule has 176 valence electrons. The molecule has 0 aromatic heterocycles. The van der Waals surface area contributed by atoms with Crippen LogP contribution in [0.3, 0.4) is 0 Å². The molecular formula is C23H18F3N3O4S. The first-order chi connectivity index (χ1) is 16.2. The number of hydrogen-bond donors (Lipinski definition) is 1. The van der Waals surface area contributed by atoms with Crippen LogP contribution >= 0.6 is 12.2 Å². The number of carbonyl (C=O) groups excluding carboxylic acids is 1. The zero-order valence-electron chi connectivity index (χ0n) is 17.6. The van der Waals surface area contributed by atoms with Gasteiger partial charge in [0.2, 0.25) is 0 Å². The molecule has 1 saturated carbocycles. The van der Waals surface area contributed by atoms with Crippen LogP contribution in [0.15, 0.2) is 36.4 Å². The molecule has 1 N–H and O–H groups in total. The van der Waals surface area contributed by atoms with Crippen LogP contribution in [0.25, 0.3) is 0 Å². The lowest BCUT2D eigenvalue weighted by atomic mass is 9.75. The highest BCUT2D eigenvalue weighted by Gasteiger charge is 2.59. The van der Waals surface area contributed by atoms with E-state index in [4.69, 9.17) is 27.0 Å². The Hall–Kier alpha value is -3.36. The number of alkyl halides is 3. The molecule has 34 heavy (non-hydrogen) atoms. The monoisotopic (exact) mass is 489 g/mol. The third-order valence-electron chi connectivity index (χ3n) is 6.39. The summed E-state index contributed by atoms with van der Waals surface area (Å²) in [6.45, 7) is -0.0481. The lowest BCUT2D eigenvalue weighted by Gasteiger charge is -2.43. The van der Waals surface area contributed by atoms with Crippen molar-refractivity contribution in [3.8, 4) is 17.6 Å². The Bertz CT molecular complexity index is 1240. The van der Waals surface area contributed by atoms with Crippen LogP contribution in [0.4, 0.5) is 24.5 Å². The van der Waals surface area contributed by atoms with Gasteiger partial charge in [-0.2, -0.15) is 18.4 Å². The van der Waals surface area contributed by atoms with Gasteiger partial charge in [-0.15, -0.1) is 0 Å². The number of nitriles is 1. The van der Waals surface area contributed by atoms with Crippen LogP contribution in [0, 0.1) is 11.3 Å². The fourth-order valence-electron chi connectivity index (χ4n) is 4.54. The van der Waals surface area contributed by atoms with Crippen LogP contribution in [-0.4, -0.2) is 41.0 Å². The fraction of sp³-hybridized carbons (Fsp3) is 0.348. The van der Waals surface area contributed by atoms with Crippen molar-refractivity contribution in [1.82, 2.24) is 0 Å². The van der Waals surface area contributed by atoms with Crippen LogP contribution in [0.1, 0.15) is 30.4 Å². The van der Waals surface area contributed by atoms with Gasteiger partial charge in [-0.25, -0.2) is 0 Å². The number of hydrogen-bond acceptors (Lipinski definition) is 6. The maximum absolute atomic E-state index is 13.6. The number of thiocarbonyl (C=S) groups is 1. The first-order valence-electron chi connectivity index (χ1n) is 10.5. The molecule has 2 aromatic rings. The summed E-state index contributed by atoms with van der Waals surface area (Å²) in [6.07, 6.45) is -3.50. The average Bonchev–Trinajstić information content (AvgIpc) is 3.04. The van der Waals surface area contributed by atoms with Gasteiger partial charge in [-0.05, 0) is 61.8 Å². The number of halogens is 3. The number of nitrogens with zero attached hydrogens (tertiary/aromatic N) is 3. The summed E-state index contributed by atoms with van der Waals surface area (Å²) in [6, 6.07) is 9.70. The normalized spacial score (nSPS) is 21.0. The first kappa shape index (κ1) is 22.4. The van der Waals surface area contributed by atoms with Crippen LogP contribution in [0.5, 0.6) is 11.5 Å². The number of ether oxygens (including phenoxy) is 2. The van der Waals surface area contributed by atoms with E-state index in [0.717, 1.165) is 23.5 Å². The van der Waals surface area contributed by atoms with Gasteiger partial charge in [-0.3, -0.25) is 9.69 Å². The topological polar surface area (TPSA) is 86.0 Å². The summed E-state index contributed by atoms with van der Waals surface area (Å²) >= 11 is 5.62. The van der Waals surface area contributed by atoms with E-state index in [2.05, 4.69) is 0 Å². The zero-order valence-corrected chi connectivity index (χ0v) is 18.4. The van der Waals surface area contributed by atoms with Gasteiger partial charge >= 0.3 is 6.18 Å². The minimum atomic E-state index is -4.76. The van der Waals surface area contributed by atoms with Crippen molar-refractivity contribution in [2.45, 2.75) is 37.1 Å². The maximum Gasteiger partial charge on any atom is 0.417 e. The number of benzene rings is 2. The van der Waals surface area contributed by atoms with Crippen molar-refractivity contribution in [3.63, 3.8) is 0 Å². The van der Waals surface area contributed by atoms with Crippen LogP contribution in [0.2, 0.25) is 0 Å². The van der Waals surface area contributed by atoms with E-state index in [-0.39, 0.29) is 24.0 Å². The molecule has 1 unspecified atom stereocenters. The molecule has 2 aromatic carbocycles. The van der Waals surface area contributed by atoms with E-state index in [9.17, 15) is 23.1 Å². The highest BCUT2D eigenvalue weighted by Crippen LogP contribution is 2.49. The highest BCUT2D eigenvalue weighted by atomic mass is 32.1. The summed E-state index contributed by atoms with van der Waals surface area (Å²) in [7, 11) is 0. The third-order valence-corrected chi connectivity index (χ3v) is 6.75. The van der Waals surface area contributed by atoms with Crippen molar-refractivity contribution < 1.29 is 32.5 Å². The van der Waals surface area contributed by atoms with Crippen molar-refractivity contribution >= 4 is 34.6 Å². The molecule has 2 aliphatic heterocycles. The third kappa shape index (κ3) is 3.28. The van der Waals surface area contributed by atoms with Crippen molar-refractivity contribution in [3.05, 3.63) is 47.5 Å². The fourth-order valence-corrected chi connectivity index (χ4v) is 5.01. The summed E-state index contributed by atoms with van der Waals surface area (Å²) in [5, 5.41) is 18.4. The number of amides is 1. The van der Waals surface area contributed by atoms with E-state index in [1.54, 1.807) is 29.2 Å². The Kier molecular flexibility index (Phi) is 5.18. The molecule has 1 aliphatic carbocycles. The van der Waals surface area contributed by atoms with Crippen molar-refractivity contribution in [2.75, 3.05) is 23.0 Å². The highest BCUT2D eigenvalue weighted by molar-refractivity contribution is 7.81. The van der Waals surface area contributed by atoms with Gasteiger partial charge in [0.25, 0.3) is 5.91 Å². The molecule has 3 aliphatic rings. The van der Waals surface area contributed by atoms with Crippen LogP contribution in [-0.2, 0) is 11.0 Å². The molecule has 7 nitrogen and oxygen atoms in total. The smallest absolute Gasteiger partial charge is 0.417 e. The summed E-state index contributed by atoms with van der Waals surface area (Å²) in [5.74, 6) is 0.451. The van der Waals surface area contributed by atoms with Crippen molar-refractivity contribution in [2.24, 2.45) is 0 Å². The van der Waals surface area contributed by atoms with Gasteiger partial charge in [0.15, 0.2) is 22.7 Å².